The predicted molar refractivity (Wildman–Crippen MR) is 93.4 cm³/mol. The molecule has 0 N–H and O–H groups in total. The second kappa shape index (κ2) is 5.51. The first kappa shape index (κ1) is 15.5. The zero-order chi connectivity index (χ0) is 16.2. The van der Waals surface area contributed by atoms with Gasteiger partial charge in [0.15, 0.2) is 9.84 Å². The Bertz CT molecular complexity index is 831. The summed E-state index contributed by atoms with van der Waals surface area (Å²) < 4.78 is 26.2. The number of benzene rings is 1. The minimum absolute atomic E-state index is 0.147. The fourth-order valence-corrected chi connectivity index (χ4v) is 7.39. The molecule has 3 atom stereocenters. The van der Waals surface area contributed by atoms with Gasteiger partial charge in [0.1, 0.15) is 0 Å². The third-order valence-corrected chi connectivity index (χ3v) is 8.38. The minimum Gasteiger partial charge on any atom is -0.305 e. The van der Waals surface area contributed by atoms with E-state index in [2.05, 4.69) is 20.9 Å². The zero-order valence-electron chi connectivity index (χ0n) is 13.3. The second-order valence-corrected chi connectivity index (χ2v) is 9.99. The van der Waals surface area contributed by atoms with Crippen LogP contribution in [0.3, 0.4) is 0 Å². The van der Waals surface area contributed by atoms with Gasteiger partial charge in [-0.15, -0.1) is 11.3 Å². The largest absolute Gasteiger partial charge is 0.305 e. The standard InChI is InChI=1S/C16H21N3O2S2/c1-18(2)14-9-23(20,21)15-8-19(7-12(14)15)6-11-4-3-5-13-16(11)22-10-17-13/h3-5,10,12,14-15H,6-9H2,1-2H3/t12-,14+,15-/m0/s1. The summed E-state index contributed by atoms with van der Waals surface area (Å²) >= 11 is 1.66. The van der Waals surface area contributed by atoms with Crippen LogP contribution in [-0.2, 0) is 16.4 Å². The first-order valence-corrected chi connectivity index (χ1v) is 10.5. The molecule has 0 aliphatic carbocycles. The lowest BCUT2D eigenvalue weighted by atomic mass is 10.00. The Morgan fingerprint density at radius 2 is 2.17 bits per heavy atom. The molecule has 124 valence electrons. The van der Waals surface area contributed by atoms with Crippen molar-refractivity contribution in [2.75, 3.05) is 32.9 Å². The van der Waals surface area contributed by atoms with Crippen molar-refractivity contribution in [1.82, 2.24) is 14.8 Å². The molecule has 2 aliphatic rings. The highest BCUT2D eigenvalue weighted by Gasteiger charge is 2.52. The molecule has 0 amide bonds. The van der Waals surface area contributed by atoms with Gasteiger partial charge < -0.3 is 4.90 Å². The molecular formula is C16H21N3O2S2. The van der Waals surface area contributed by atoms with Crippen molar-refractivity contribution >= 4 is 31.4 Å². The van der Waals surface area contributed by atoms with Gasteiger partial charge >= 0.3 is 0 Å². The first-order valence-electron chi connectivity index (χ1n) is 7.87. The van der Waals surface area contributed by atoms with Gasteiger partial charge in [-0.05, 0) is 25.7 Å². The third kappa shape index (κ3) is 2.59. The van der Waals surface area contributed by atoms with E-state index in [1.165, 1.54) is 10.3 Å². The topological polar surface area (TPSA) is 53.5 Å². The van der Waals surface area contributed by atoms with Crippen LogP contribution in [0.5, 0.6) is 0 Å². The van der Waals surface area contributed by atoms with E-state index in [0.717, 1.165) is 18.6 Å². The fourth-order valence-electron chi connectivity index (χ4n) is 4.09. The van der Waals surface area contributed by atoms with Crippen LogP contribution in [0.2, 0.25) is 0 Å². The van der Waals surface area contributed by atoms with E-state index < -0.39 is 9.84 Å². The molecule has 0 spiro atoms. The molecule has 0 bridgehead atoms. The second-order valence-electron chi connectivity index (χ2n) is 6.87. The van der Waals surface area contributed by atoms with Gasteiger partial charge in [-0.25, -0.2) is 13.4 Å². The van der Waals surface area contributed by atoms with Gasteiger partial charge in [-0.1, -0.05) is 12.1 Å². The molecule has 1 aromatic carbocycles. The molecule has 3 heterocycles. The summed E-state index contributed by atoms with van der Waals surface area (Å²) in [5.74, 6) is 0.545. The number of nitrogens with zero attached hydrogens (tertiary/aromatic N) is 3. The Hall–Kier alpha value is -1.02. The van der Waals surface area contributed by atoms with Crippen molar-refractivity contribution in [2.45, 2.75) is 17.8 Å². The van der Waals surface area contributed by atoms with Gasteiger partial charge in [0.25, 0.3) is 0 Å². The number of aromatic nitrogens is 1. The highest BCUT2D eigenvalue weighted by atomic mass is 32.2. The van der Waals surface area contributed by atoms with Crippen LogP contribution in [0.25, 0.3) is 10.2 Å². The van der Waals surface area contributed by atoms with Gasteiger partial charge in [0.05, 0.1) is 26.7 Å². The molecule has 2 saturated heterocycles. The molecule has 2 aliphatic heterocycles. The highest BCUT2D eigenvalue weighted by Crippen LogP contribution is 2.37. The molecule has 2 fully saturated rings. The van der Waals surface area contributed by atoms with Crippen molar-refractivity contribution in [1.29, 1.82) is 0 Å². The van der Waals surface area contributed by atoms with E-state index in [-0.39, 0.29) is 17.2 Å². The monoisotopic (exact) mass is 351 g/mol. The van der Waals surface area contributed by atoms with E-state index in [1.54, 1.807) is 11.3 Å². The number of hydrogen-bond acceptors (Lipinski definition) is 6. The number of hydrogen-bond donors (Lipinski definition) is 0. The molecule has 0 unspecified atom stereocenters. The smallest absolute Gasteiger partial charge is 0.156 e. The summed E-state index contributed by atoms with van der Waals surface area (Å²) in [6.45, 7) is 2.33. The van der Waals surface area contributed by atoms with E-state index in [1.807, 2.05) is 31.7 Å². The fraction of sp³-hybridized carbons (Fsp3) is 0.562. The quantitative estimate of drug-likeness (QED) is 0.838. The van der Waals surface area contributed by atoms with Gasteiger partial charge in [-0.2, -0.15) is 0 Å². The maximum Gasteiger partial charge on any atom is 0.156 e. The summed E-state index contributed by atoms with van der Waals surface area (Å²) in [5, 5.41) is -0.199. The van der Waals surface area contributed by atoms with Crippen molar-refractivity contribution in [3.63, 3.8) is 0 Å². The van der Waals surface area contributed by atoms with Crippen LogP contribution >= 0.6 is 11.3 Å². The number of likely N-dealkylation sites (tertiary alicyclic amines) is 1. The Morgan fingerprint density at radius 1 is 1.35 bits per heavy atom. The molecule has 23 heavy (non-hydrogen) atoms. The lowest BCUT2D eigenvalue weighted by Gasteiger charge is -2.25. The number of fused-ring (bicyclic) bond motifs is 2. The lowest BCUT2D eigenvalue weighted by Crippen LogP contribution is -2.37. The van der Waals surface area contributed by atoms with Gasteiger partial charge in [0, 0.05) is 31.6 Å². The Labute approximate surface area is 140 Å². The SMILES string of the molecule is CN(C)[C@@H]1CS(=O)(=O)[C@H]2CN(Cc3cccc4ncsc34)C[C@@H]12. The van der Waals surface area contributed by atoms with E-state index in [9.17, 15) is 8.42 Å². The minimum atomic E-state index is -2.97. The summed E-state index contributed by atoms with van der Waals surface area (Å²) in [5.41, 5.74) is 4.16. The molecule has 5 nitrogen and oxygen atoms in total. The normalized spacial score (nSPS) is 30.3. The molecule has 2 aromatic rings. The van der Waals surface area contributed by atoms with Crippen LogP contribution in [-0.4, -0.2) is 67.4 Å². The van der Waals surface area contributed by atoms with Crippen LogP contribution in [0.4, 0.5) is 0 Å². The zero-order valence-corrected chi connectivity index (χ0v) is 15.0. The van der Waals surface area contributed by atoms with Crippen molar-refractivity contribution in [3.05, 3.63) is 29.3 Å². The van der Waals surface area contributed by atoms with Crippen LogP contribution in [0.15, 0.2) is 23.7 Å². The van der Waals surface area contributed by atoms with E-state index in [0.29, 0.717) is 12.3 Å². The summed E-state index contributed by atoms with van der Waals surface area (Å²) in [7, 11) is 1.01. The average Bonchev–Trinajstić information content (AvgIpc) is 3.15. The van der Waals surface area contributed by atoms with Crippen LogP contribution in [0.1, 0.15) is 5.56 Å². The van der Waals surface area contributed by atoms with Crippen molar-refractivity contribution in [2.24, 2.45) is 5.92 Å². The molecule has 0 radical (unpaired) electrons. The summed E-state index contributed by atoms with van der Waals surface area (Å²) in [6, 6.07) is 6.34. The molecule has 0 saturated carbocycles. The van der Waals surface area contributed by atoms with Crippen LogP contribution in [0, 0.1) is 5.92 Å². The van der Waals surface area contributed by atoms with Crippen molar-refractivity contribution < 1.29 is 8.42 Å². The molecule has 7 heteroatoms. The van der Waals surface area contributed by atoms with Gasteiger partial charge in [0.2, 0.25) is 0 Å². The molecule has 1 aromatic heterocycles. The van der Waals surface area contributed by atoms with E-state index in [4.69, 9.17) is 0 Å². The Kier molecular flexibility index (Phi) is 3.72. The number of sulfone groups is 1. The summed E-state index contributed by atoms with van der Waals surface area (Å²) in [6.07, 6.45) is 0. The highest BCUT2D eigenvalue weighted by molar-refractivity contribution is 7.92. The number of rotatable bonds is 3. The van der Waals surface area contributed by atoms with Crippen LogP contribution < -0.4 is 0 Å². The third-order valence-electron chi connectivity index (χ3n) is 5.24. The maximum absolute atomic E-state index is 12.5. The summed E-state index contributed by atoms with van der Waals surface area (Å²) in [4.78, 5) is 8.75. The molecular weight excluding hydrogens is 330 g/mol. The first-order chi connectivity index (χ1) is 11.0. The van der Waals surface area contributed by atoms with E-state index >= 15 is 0 Å². The maximum atomic E-state index is 12.5. The predicted octanol–water partition coefficient (Wildman–Crippen LogP) is 1.46. The Balaban J connectivity index is 1.58. The molecule has 4 rings (SSSR count). The Morgan fingerprint density at radius 3 is 2.96 bits per heavy atom. The van der Waals surface area contributed by atoms with Gasteiger partial charge in [-0.3, -0.25) is 4.90 Å². The average molecular weight is 351 g/mol. The van der Waals surface area contributed by atoms with Crippen molar-refractivity contribution in [3.8, 4) is 0 Å². The lowest BCUT2D eigenvalue weighted by molar-refractivity contribution is 0.230. The number of thiazole rings is 1.